The van der Waals surface area contributed by atoms with E-state index in [0.717, 1.165) is 19.3 Å². The number of carbonyl (C=O) groups excluding carboxylic acids is 1. The summed E-state index contributed by atoms with van der Waals surface area (Å²) in [5.41, 5.74) is 0.565. The summed E-state index contributed by atoms with van der Waals surface area (Å²) in [6.45, 7) is 2.51. The molecule has 2 aromatic rings. The molecular weight excluding hydrogens is 358 g/mol. The Kier molecular flexibility index (Phi) is 5.26. The number of methoxy groups -OCH3 is 1. The Hall–Kier alpha value is -2.42. The first-order valence-corrected chi connectivity index (χ1v) is 10.1. The third kappa shape index (κ3) is 3.87. The van der Waals surface area contributed by atoms with Crippen molar-refractivity contribution in [1.82, 2.24) is 15.1 Å². The van der Waals surface area contributed by atoms with Crippen molar-refractivity contribution < 1.29 is 22.4 Å². The van der Waals surface area contributed by atoms with Gasteiger partial charge in [-0.2, -0.15) is 0 Å². The van der Waals surface area contributed by atoms with E-state index in [1.807, 2.05) is 6.92 Å². The number of hydrogen-bond acceptors (Lipinski definition) is 7. The smallest absolute Gasteiger partial charge is 0.336 e. The number of rotatable bonds is 5. The zero-order valence-corrected chi connectivity index (χ0v) is 15.5. The first kappa shape index (κ1) is 18.4. The molecule has 1 saturated heterocycles. The molecule has 8 nitrogen and oxygen atoms in total. The fraction of sp³-hybridized carbons (Fsp3) is 0.471. The molecule has 0 aliphatic carbocycles. The second-order valence-corrected chi connectivity index (χ2v) is 8.16. The van der Waals surface area contributed by atoms with Crippen LogP contribution in [-0.2, 0) is 14.6 Å². The van der Waals surface area contributed by atoms with Gasteiger partial charge in [0.15, 0.2) is 0 Å². The molecule has 1 unspecified atom stereocenters. The third-order valence-corrected chi connectivity index (χ3v) is 5.77. The predicted octanol–water partition coefficient (Wildman–Crippen LogP) is 1.92. The lowest BCUT2D eigenvalue weighted by molar-refractivity contribution is -0.131. The summed E-state index contributed by atoms with van der Waals surface area (Å²) < 4.78 is 35.3. The maximum atomic E-state index is 12.5. The normalized spacial score (nSPS) is 17.9. The molecule has 1 aliphatic heterocycles. The molecule has 1 aromatic heterocycles. The minimum atomic E-state index is -3.99. The van der Waals surface area contributed by atoms with Gasteiger partial charge in [-0.1, -0.05) is 5.10 Å². The second kappa shape index (κ2) is 7.45. The molecule has 0 bridgehead atoms. The first-order valence-electron chi connectivity index (χ1n) is 8.41. The van der Waals surface area contributed by atoms with E-state index in [9.17, 15) is 13.2 Å². The summed E-state index contributed by atoms with van der Waals surface area (Å²) in [7, 11) is -2.44. The van der Waals surface area contributed by atoms with Crippen LogP contribution in [0.4, 0.5) is 0 Å². The Morgan fingerprint density at radius 3 is 2.65 bits per heavy atom. The van der Waals surface area contributed by atoms with Gasteiger partial charge in [-0.05, 0) is 50.5 Å². The molecule has 0 radical (unpaired) electrons. The van der Waals surface area contributed by atoms with Gasteiger partial charge in [-0.15, -0.1) is 5.10 Å². The van der Waals surface area contributed by atoms with Crippen LogP contribution in [-0.4, -0.2) is 54.9 Å². The molecule has 3 rings (SSSR count). The van der Waals surface area contributed by atoms with Gasteiger partial charge in [-0.25, -0.2) is 8.42 Å². The van der Waals surface area contributed by atoms with Gasteiger partial charge in [0.2, 0.25) is 21.6 Å². The van der Waals surface area contributed by atoms with Crippen molar-refractivity contribution in [1.29, 1.82) is 0 Å². The molecule has 1 aliphatic rings. The van der Waals surface area contributed by atoms with E-state index in [4.69, 9.17) is 9.15 Å². The fourth-order valence-corrected chi connectivity index (χ4v) is 3.95. The average Bonchev–Trinajstić information content (AvgIpc) is 3.13. The second-order valence-electron chi connectivity index (χ2n) is 6.29. The summed E-state index contributed by atoms with van der Waals surface area (Å²) in [6.07, 6.45) is 2.82. The Morgan fingerprint density at radius 2 is 2.00 bits per heavy atom. The number of hydrogen-bond donors (Lipinski definition) is 0. The molecule has 0 N–H and O–H groups in total. The van der Waals surface area contributed by atoms with Crippen LogP contribution in [0.5, 0.6) is 5.75 Å². The Bertz CT molecular complexity index is 876. The number of carbonyl (C=O) groups is 1. The van der Waals surface area contributed by atoms with E-state index in [2.05, 4.69) is 10.2 Å². The zero-order chi connectivity index (χ0) is 18.7. The van der Waals surface area contributed by atoms with Crippen LogP contribution in [0.3, 0.4) is 0 Å². The molecule has 1 amide bonds. The van der Waals surface area contributed by atoms with Gasteiger partial charge in [0.25, 0.3) is 0 Å². The van der Waals surface area contributed by atoms with E-state index in [1.54, 1.807) is 36.3 Å². The van der Waals surface area contributed by atoms with Crippen molar-refractivity contribution in [2.24, 2.45) is 0 Å². The maximum Gasteiger partial charge on any atom is 0.336 e. The van der Waals surface area contributed by atoms with Gasteiger partial charge < -0.3 is 14.1 Å². The highest BCUT2D eigenvalue weighted by Crippen LogP contribution is 2.23. The summed E-state index contributed by atoms with van der Waals surface area (Å²) in [5.74, 6) is -0.365. The minimum Gasteiger partial charge on any atom is -0.497 e. The molecule has 2 heterocycles. The van der Waals surface area contributed by atoms with Crippen molar-refractivity contribution >= 4 is 15.7 Å². The summed E-state index contributed by atoms with van der Waals surface area (Å²) >= 11 is 0. The fourth-order valence-electron chi connectivity index (χ4n) is 2.96. The quantitative estimate of drug-likeness (QED) is 0.782. The zero-order valence-electron chi connectivity index (χ0n) is 14.7. The van der Waals surface area contributed by atoms with E-state index in [-0.39, 0.29) is 11.9 Å². The van der Waals surface area contributed by atoms with E-state index in [0.29, 0.717) is 17.9 Å². The van der Waals surface area contributed by atoms with Crippen molar-refractivity contribution in [3.8, 4) is 17.2 Å². The van der Waals surface area contributed by atoms with E-state index in [1.165, 1.54) is 0 Å². The van der Waals surface area contributed by atoms with Crippen LogP contribution in [0.15, 0.2) is 33.9 Å². The van der Waals surface area contributed by atoms with Gasteiger partial charge >= 0.3 is 5.22 Å². The molecule has 9 heteroatoms. The van der Waals surface area contributed by atoms with Crippen molar-refractivity contribution in [2.75, 3.05) is 19.4 Å². The van der Waals surface area contributed by atoms with Crippen molar-refractivity contribution in [3.05, 3.63) is 24.3 Å². The monoisotopic (exact) mass is 379 g/mol. The number of benzene rings is 1. The van der Waals surface area contributed by atoms with Gasteiger partial charge in [-0.3, -0.25) is 4.79 Å². The molecular formula is C17H21N3O5S. The van der Waals surface area contributed by atoms with Crippen LogP contribution in [0, 0.1) is 0 Å². The molecule has 1 aromatic carbocycles. The number of nitrogens with zero attached hydrogens (tertiary/aromatic N) is 3. The summed E-state index contributed by atoms with van der Waals surface area (Å²) in [5, 5.41) is 6.86. The minimum absolute atomic E-state index is 0.0454. The molecule has 0 spiro atoms. The van der Waals surface area contributed by atoms with Crippen LogP contribution in [0.1, 0.15) is 26.2 Å². The number of sulfone groups is 1. The van der Waals surface area contributed by atoms with Crippen molar-refractivity contribution in [3.63, 3.8) is 0 Å². The van der Waals surface area contributed by atoms with Crippen LogP contribution < -0.4 is 4.74 Å². The molecule has 0 saturated carbocycles. The van der Waals surface area contributed by atoms with Crippen LogP contribution in [0.2, 0.25) is 0 Å². The highest BCUT2D eigenvalue weighted by molar-refractivity contribution is 7.91. The number of piperidine rings is 1. The number of likely N-dealkylation sites (tertiary alicyclic amines) is 1. The number of aromatic nitrogens is 2. The summed E-state index contributed by atoms with van der Waals surface area (Å²) in [6, 6.07) is 6.82. The lowest BCUT2D eigenvalue weighted by Gasteiger charge is -2.33. The van der Waals surface area contributed by atoms with Gasteiger partial charge in [0, 0.05) is 18.2 Å². The Labute approximate surface area is 152 Å². The Morgan fingerprint density at radius 1 is 1.27 bits per heavy atom. The largest absolute Gasteiger partial charge is 0.497 e. The highest BCUT2D eigenvalue weighted by Gasteiger charge is 2.31. The maximum absolute atomic E-state index is 12.5. The molecule has 1 fully saturated rings. The first-order chi connectivity index (χ1) is 12.4. The van der Waals surface area contributed by atoms with Gasteiger partial charge in [0.1, 0.15) is 11.5 Å². The number of ether oxygens (including phenoxy) is 1. The van der Waals surface area contributed by atoms with Crippen LogP contribution in [0.25, 0.3) is 11.5 Å². The topological polar surface area (TPSA) is 103 Å². The molecule has 26 heavy (non-hydrogen) atoms. The highest BCUT2D eigenvalue weighted by atomic mass is 32.2. The SMILES string of the molecule is COc1ccc(-c2nnc(S(=O)(=O)CC(=O)N3CCCCC3C)o2)cc1. The lowest BCUT2D eigenvalue weighted by Crippen LogP contribution is -2.44. The lowest BCUT2D eigenvalue weighted by atomic mass is 10.0. The van der Waals surface area contributed by atoms with E-state index >= 15 is 0 Å². The predicted molar refractivity (Wildman–Crippen MR) is 93.4 cm³/mol. The summed E-state index contributed by atoms with van der Waals surface area (Å²) in [4.78, 5) is 14.0. The Balaban J connectivity index is 1.75. The van der Waals surface area contributed by atoms with Gasteiger partial charge in [0.05, 0.1) is 7.11 Å². The number of amides is 1. The standard InChI is InChI=1S/C17H21N3O5S/c1-12-5-3-4-10-20(12)15(21)11-26(22,23)17-19-18-16(25-17)13-6-8-14(24-2)9-7-13/h6-9,12H,3-5,10-11H2,1-2H3. The molecule has 140 valence electrons. The van der Waals surface area contributed by atoms with E-state index < -0.39 is 26.7 Å². The van der Waals surface area contributed by atoms with Crippen molar-refractivity contribution in [2.45, 2.75) is 37.5 Å². The average molecular weight is 379 g/mol. The van der Waals surface area contributed by atoms with Crippen LogP contribution >= 0.6 is 0 Å². The third-order valence-electron chi connectivity index (χ3n) is 4.45. The molecule has 1 atom stereocenters.